The lowest BCUT2D eigenvalue weighted by atomic mass is 9.97. The molecule has 4 rings (SSSR count). The minimum absolute atomic E-state index is 0.00590. The van der Waals surface area contributed by atoms with Gasteiger partial charge in [-0.1, -0.05) is 71.9 Å². The summed E-state index contributed by atoms with van der Waals surface area (Å²) in [4.78, 5) is 12.6. The second-order valence-corrected chi connectivity index (χ2v) is 7.23. The molecule has 4 aromatic rings. The Bertz CT molecular complexity index is 1190. The van der Waals surface area contributed by atoms with Gasteiger partial charge in [0.15, 0.2) is 0 Å². The minimum Gasteiger partial charge on any atom is -0.389 e. The fraction of sp³-hybridized carbons (Fsp3) is 0.208. The molecule has 0 spiro atoms. The van der Waals surface area contributed by atoms with Crippen LogP contribution in [0.25, 0.3) is 10.9 Å². The summed E-state index contributed by atoms with van der Waals surface area (Å²) < 4.78 is 7.33. The maximum Gasteiger partial charge on any atom is 0.277 e. The molecule has 0 aliphatic carbocycles. The monoisotopic (exact) mass is 401 g/mol. The van der Waals surface area contributed by atoms with Gasteiger partial charge in [-0.2, -0.15) is 0 Å². The second-order valence-electron chi connectivity index (χ2n) is 7.23. The number of hydrogen-bond donors (Lipinski definition) is 1. The zero-order chi connectivity index (χ0) is 20.9. The van der Waals surface area contributed by atoms with Gasteiger partial charge < -0.3 is 9.84 Å². The van der Waals surface area contributed by atoms with Crippen molar-refractivity contribution >= 4 is 10.9 Å². The molecule has 1 N–H and O–H groups in total. The van der Waals surface area contributed by atoms with Crippen LogP contribution in [0.2, 0.25) is 0 Å². The van der Waals surface area contributed by atoms with Crippen molar-refractivity contribution < 1.29 is 9.84 Å². The first-order valence-electron chi connectivity index (χ1n) is 9.86. The van der Waals surface area contributed by atoms with E-state index in [0.29, 0.717) is 10.9 Å². The Morgan fingerprint density at radius 1 is 0.967 bits per heavy atom. The smallest absolute Gasteiger partial charge is 0.277 e. The fourth-order valence-electron chi connectivity index (χ4n) is 3.48. The Morgan fingerprint density at radius 3 is 2.47 bits per heavy atom. The summed E-state index contributed by atoms with van der Waals surface area (Å²) in [6.45, 7) is 2.09. The van der Waals surface area contributed by atoms with Crippen LogP contribution in [0.4, 0.5) is 0 Å². The zero-order valence-corrected chi connectivity index (χ0v) is 16.7. The van der Waals surface area contributed by atoms with Gasteiger partial charge in [-0.3, -0.25) is 4.79 Å². The molecule has 0 aliphatic heterocycles. The van der Waals surface area contributed by atoms with E-state index in [-0.39, 0.29) is 24.8 Å². The zero-order valence-electron chi connectivity index (χ0n) is 16.7. The number of fused-ring (bicyclic) bond motifs is 1. The average Bonchev–Trinajstić information content (AvgIpc) is 2.78. The Labute approximate surface area is 174 Å². The quantitative estimate of drug-likeness (QED) is 0.514. The van der Waals surface area contributed by atoms with Crippen molar-refractivity contribution in [2.45, 2.75) is 25.7 Å². The molecule has 1 aromatic heterocycles. The third-order valence-corrected chi connectivity index (χ3v) is 5.04. The van der Waals surface area contributed by atoms with Crippen LogP contribution in [-0.2, 0) is 11.3 Å². The Hall–Kier alpha value is -3.35. The highest BCUT2D eigenvalue weighted by molar-refractivity contribution is 5.76. The van der Waals surface area contributed by atoms with E-state index in [1.54, 1.807) is 24.3 Å². The third-order valence-electron chi connectivity index (χ3n) is 5.04. The predicted molar refractivity (Wildman–Crippen MR) is 115 cm³/mol. The van der Waals surface area contributed by atoms with Gasteiger partial charge in [-0.05, 0) is 35.7 Å². The molecule has 0 bridgehead atoms. The van der Waals surface area contributed by atoms with E-state index < -0.39 is 6.10 Å². The normalized spacial score (nSPS) is 13.3. The van der Waals surface area contributed by atoms with Gasteiger partial charge in [0.2, 0.25) is 0 Å². The molecular weight excluding hydrogens is 378 g/mol. The van der Waals surface area contributed by atoms with Crippen LogP contribution < -0.4 is 5.56 Å². The summed E-state index contributed by atoms with van der Waals surface area (Å²) in [6, 6.07) is 24.9. The van der Waals surface area contributed by atoms with Crippen molar-refractivity contribution in [3.63, 3.8) is 0 Å². The van der Waals surface area contributed by atoms with Crippen LogP contribution in [0.15, 0.2) is 83.7 Å². The lowest BCUT2D eigenvalue weighted by Crippen LogP contribution is -2.32. The molecule has 0 fully saturated rings. The van der Waals surface area contributed by atoms with E-state index in [1.165, 1.54) is 4.68 Å². The SMILES string of the molecule is Cc1ccccc1[C@@H](OC[C@H](O)Cn1nnc2ccccc2c1=O)c1ccccc1. The van der Waals surface area contributed by atoms with Crippen LogP contribution in [0.3, 0.4) is 0 Å². The Kier molecular flexibility index (Phi) is 5.97. The number of aliphatic hydroxyl groups is 1. The first-order valence-corrected chi connectivity index (χ1v) is 9.86. The topological polar surface area (TPSA) is 77.2 Å². The van der Waals surface area contributed by atoms with Crippen molar-refractivity contribution in [1.82, 2.24) is 15.0 Å². The summed E-state index contributed by atoms with van der Waals surface area (Å²) in [7, 11) is 0. The third kappa shape index (κ3) is 4.30. The highest BCUT2D eigenvalue weighted by Gasteiger charge is 2.19. The maximum absolute atomic E-state index is 12.6. The molecule has 1 heterocycles. The maximum atomic E-state index is 12.6. The van der Waals surface area contributed by atoms with E-state index in [1.807, 2.05) is 61.5 Å². The van der Waals surface area contributed by atoms with Crippen LogP contribution in [0.1, 0.15) is 22.8 Å². The summed E-state index contributed by atoms with van der Waals surface area (Å²) in [5.74, 6) is 0. The summed E-state index contributed by atoms with van der Waals surface area (Å²) in [5.41, 5.74) is 3.41. The molecule has 0 amide bonds. The van der Waals surface area contributed by atoms with Gasteiger partial charge in [0.1, 0.15) is 11.6 Å². The summed E-state index contributed by atoms with van der Waals surface area (Å²) in [6.07, 6.45) is -1.23. The molecule has 6 heteroatoms. The molecular formula is C24H23N3O3. The Balaban J connectivity index is 1.52. The average molecular weight is 401 g/mol. The summed E-state index contributed by atoms with van der Waals surface area (Å²) in [5, 5.41) is 19.0. The molecule has 2 atom stereocenters. The number of hydrogen-bond acceptors (Lipinski definition) is 5. The number of aliphatic hydroxyl groups excluding tert-OH is 1. The van der Waals surface area contributed by atoms with Crippen molar-refractivity contribution in [1.29, 1.82) is 0 Å². The molecule has 3 aromatic carbocycles. The fourth-order valence-corrected chi connectivity index (χ4v) is 3.48. The van der Waals surface area contributed by atoms with Crippen molar-refractivity contribution in [3.05, 3.63) is 106 Å². The molecule has 30 heavy (non-hydrogen) atoms. The van der Waals surface area contributed by atoms with Gasteiger partial charge in [-0.25, -0.2) is 4.68 Å². The van der Waals surface area contributed by atoms with Gasteiger partial charge >= 0.3 is 0 Å². The molecule has 0 unspecified atom stereocenters. The van der Waals surface area contributed by atoms with Crippen molar-refractivity contribution in [2.75, 3.05) is 6.61 Å². The lowest BCUT2D eigenvalue weighted by molar-refractivity contribution is -0.00288. The van der Waals surface area contributed by atoms with E-state index in [2.05, 4.69) is 10.3 Å². The Morgan fingerprint density at radius 2 is 1.67 bits per heavy atom. The van der Waals surface area contributed by atoms with E-state index in [4.69, 9.17) is 4.74 Å². The minimum atomic E-state index is -0.909. The van der Waals surface area contributed by atoms with Gasteiger partial charge in [0.25, 0.3) is 5.56 Å². The first kappa shape index (κ1) is 19.9. The lowest BCUT2D eigenvalue weighted by Gasteiger charge is -2.22. The number of benzene rings is 3. The standard InChI is InChI=1S/C24H23N3O3/c1-17-9-5-6-12-20(17)23(18-10-3-2-4-11-18)30-16-19(28)15-27-24(29)21-13-7-8-14-22(21)25-26-27/h2-14,19,23,28H,15-16H2,1H3/t19-,23+/m1/s1. The first-order chi connectivity index (χ1) is 14.6. The van der Waals surface area contributed by atoms with Crippen molar-refractivity contribution in [2.24, 2.45) is 0 Å². The van der Waals surface area contributed by atoms with Gasteiger partial charge in [-0.15, -0.1) is 5.10 Å². The number of aryl methyl sites for hydroxylation is 1. The van der Waals surface area contributed by atoms with Gasteiger partial charge in [0, 0.05) is 0 Å². The molecule has 0 saturated carbocycles. The molecule has 6 nitrogen and oxygen atoms in total. The number of nitrogens with zero attached hydrogens (tertiary/aromatic N) is 3. The predicted octanol–water partition coefficient (Wildman–Crippen LogP) is 3.27. The molecule has 0 saturated heterocycles. The van der Waals surface area contributed by atoms with Crippen LogP contribution in [-0.4, -0.2) is 32.8 Å². The van der Waals surface area contributed by atoms with Crippen LogP contribution in [0.5, 0.6) is 0 Å². The highest BCUT2D eigenvalue weighted by Crippen LogP contribution is 2.28. The largest absolute Gasteiger partial charge is 0.389 e. The molecule has 152 valence electrons. The second kappa shape index (κ2) is 8.98. The number of aromatic nitrogens is 3. The van der Waals surface area contributed by atoms with E-state index in [0.717, 1.165) is 16.7 Å². The number of rotatable bonds is 7. The molecule has 0 radical (unpaired) electrons. The van der Waals surface area contributed by atoms with E-state index in [9.17, 15) is 9.90 Å². The van der Waals surface area contributed by atoms with E-state index >= 15 is 0 Å². The highest BCUT2D eigenvalue weighted by atomic mass is 16.5. The van der Waals surface area contributed by atoms with Crippen LogP contribution >= 0.6 is 0 Å². The van der Waals surface area contributed by atoms with Crippen LogP contribution in [0, 0.1) is 6.92 Å². The molecule has 0 aliphatic rings. The van der Waals surface area contributed by atoms with Gasteiger partial charge in [0.05, 0.1) is 24.6 Å². The number of ether oxygens (including phenoxy) is 1. The summed E-state index contributed by atoms with van der Waals surface area (Å²) >= 11 is 0. The van der Waals surface area contributed by atoms with Crippen molar-refractivity contribution in [3.8, 4) is 0 Å².